The number of hydrogen-bond acceptors (Lipinski definition) is 3. The molecule has 1 N–H and O–H groups in total. The number of nitrogens with one attached hydrogen (secondary N) is 1. The van der Waals surface area contributed by atoms with E-state index in [2.05, 4.69) is 5.32 Å². The minimum Gasteiger partial charge on any atom is -0.335 e. The maximum Gasteiger partial charge on any atom is 0.317 e. The Kier molecular flexibility index (Phi) is 4.43. The molecule has 1 saturated heterocycles. The lowest BCUT2D eigenvalue weighted by molar-refractivity contribution is 0.0668. The van der Waals surface area contributed by atoms with E-state index in [1.165, 1.54) is 24.2 Å². The third-order valence-electron chi connectivity index (χ3n) is 4.27. The molecule has 0 aromatic carbocycles. The number of thiophene rings is 1. The molecule has 1 saturated carbocycles. The van der Waals surface area contributed by atoms with E-state index in [0.29, 0.717) is 32.2 Å². The topological polar surface area (TPSA) is 52.7 Å². The molecule has 0 spiro atoms. The molecule has 5 nitrogen and oxygen atoms in total. The molecule has 1 aromatic heterocycles. The molecule has 0 atom stereocenters. The minimum absolute atomic E-state index is 0.0325. The average Bonchev–Trinajstić information content (AvgIpc) is 3.20. The monoisotopic (exact) mass is 307 g/mol. The van der Waals surface area contributed by atoms with Crippen LogP contribution in [-0.4, -0.2) is 54.0 Å². The number of rotatable bonds is 2. The van der Waals surface area contributed by atoms with E-state index < -0.39 is 0 Å². The van der Waals surface area contributed by atoms with Gasteiger partial charge in [-0.05, 0) is 24.3 Å². The van der Waals surface area contributed by atoms with Crippen LogP contribution < -0.4 is 5.32 Å². The van der Waals surface area contributed by atoms with Crippen molar-refractivity contribution in [1.29, 1.82) is 0 Å². The Hall–Kier alpha value is -1.56. The van der Waals surface area contributed by atoms with Crippen molar-refractivity contribution < 1.29 is 9.59 Å². The first-order chi connectivity index (χ1) is 10.2. The van der Waals surface area contributed by atoms with Crippen LogP contribution in [0.5, 0.6) is 0 Å². The summed E-state index contributed by atoms with van der Waals surface area (Å²) in [6.45, 7) is 2.48. The normalized spacial score (nSPS) is 19.8. The van der Waals surface area contributed by atoms with Gasteiger partial charge in [0.15, 0.2) is 0 Å². The Labute approximate surface area is 128 Å². The zero-order valence-corrected chi connectivity index (χ0v) is 12.9. The predicted molar refractivity (Wildman–Crippen MR) is 82.6 cm³/mol. The molecule has 114 valence electrons. The first kappa shape index (κ1) is 14.4. The van der Waals surface area contributed by atoms with Crippen molar-refractivity contribution in [3.63, 3.8) is 0 Å². The molecule has 1 aliphatic carbocycles. The van der Waals surface area contributed by atoms with E-state index in [0.717, 1.165) is 17.7 Å². The molecule has 2 heterocycles. The van der Waals surface area contributed by atoms with Gasteiger partial charge in [-0.2, -0.15) is 0 Å². The van der Waals surface area contributed by atoms with E-state index in [1.807, 2.05) is 27.3 Å². The number of piperazine rings is 1. The van der Waals surface area contributed by atoms with Gasteiger partial charge in [-0.1, -0.05) is 18.9 Å². The van der Waals surface area contributed by atoms with E-state index >= 15 is 0 Å². The van der Waals surface area contributed by atoms with Gasteiger partial charge >= 0.3 is 6.03 Å². The van der Waals surface area contributed by atoms with Crippen LogP contribution in [0.4, 0.5) is 4.79 Å². The van der Waals surface area contributed by atoms with Crippen LogP contribution in [0.25, 0.3) is 0 Å². The molecular weight excluding hydrogens is 286 g/mol. The number of urea groups is 1. The van der Waals surface area contributed by atoms with Crippen molar-refractivity contribution in [2.45, 2.75) is 31.7 Å². The highest BCUT2D eigenvalue weighted by atomic mass is 32.1. The highest BCUT2D eigenvalue weighted by molar-refractivity contribution is 7.12. The van der Waals surface area contributed by atoms with Crippen molar-refractivity contribution in [2.24, 2.45) is 0 Å². The average molecular weight is 307 g/mol. The minimum atomic E-state index is 0.0325. The predicted octanol–water partition coefficient (Wildman–Crippen LogP) is 2.16. The second kappa shape index (κ2) is 6.47. The number of amides is 3. The molecule has 3 amide bonds. The van der Waals surface area contributed by atoms with Gasteiger partial charge in [-0.15, -0.1) is 11.3 Å². The summed E-state index contributed by atoms with van der Waals surface area (Å²) in [5.74, 6) is 0.0841. The molecule has 21 heavy (non-hydrogen) atoms. The molecule has 0 bridgehead atoms. The van der Waals surface area contributed by atoms with E-state index in [-0.39, 0.29) is 11.9 Å². The standard InChI is InChI=1S/C15H21N3O2S/c19-14(13-6-3-11-21-13)17-7-9-18(10-8-17)15(20)16-12-4-1-2-5-12/h3,6,11-12H,1-2,4-5,7-10H2,(H,16,20). The smallest absolute Gasteiger partial charge is 0.317 e. The summed E-state index contributed by atoms with van der Waals surface area (Å²) in [5, 5.41) is 5.02. The Morgan fingerprint density at radius 2 is 1.76 bits per heavy atom. The third-order valence-corrected chi connectivity index (χ3v) is 5.13. The fraction of sp³-hybridized carbons (Fsp3) is 0.600. The Morgan fingerprint density at radius 3 is 2.38 bits per heavy atom. The molecular formula is C15H21N3O2S. The summed E-state index contributed by atoms with van der Waals surface area (Å²) in [7, 11) is 0. The van der Waals surface area contributed by atoms with Crippen molar-refractivity contribution in [1.82, 2.24) is 15.1 Å². The Balaban J connectivity index is 1.48. The van der Waals surface area contributed by atoms with Crippen molar-refractivity contribution in [2.75, 3.05) is 26.2 Å². The first-order valence-electron chi connectivity index (χ1n) is 7.62. The van der Waals surface area contributed by atoms with E-state index in [9.17, 15) is 9.59 Å². The SMILES string of the molecule is O=C(NC1CCCC1)N1CCN(C(=O)c2cccs2)CC1. The molecule has 0 unspecified atom stereocenters. The van der Waals surface area contributed by atoms with Crippen molar-refractivity contribution in [3.8, 4) is 0 Å². The first-order valence-corrected chi connectivity index (χ1v) is 8.50. The lowest BCUT2D eigenvalue weighted by Gasteiger charge is -2.35. The van der Waals surface area contributed by atoms with E-state index in [4.69, 9.17) is 0 Å². The summed E-state index contributed by atoms with van der Waals surface area (Å²) in [6, 6.07) is 4.13. The highest BCUT2D eigenvalue weighted by Crippen LogP contribution is 2.18. The number of carbonyl (C=O) groups excluding carboxylic acids is 2. The largest absolute Gasteiger partial charge is 0.335 e. The number of hydrogen-bond donors (Lipinski definition) is 1. The van der Waals surface area contributed by atoms with Gasteiger partial charge in [0.2, 0.25) is 0 Å². The quantitative estimate of drug-likeness (QED) is 0.910. The van der Waals surface area contributed by atoms with Crippen LogP contribution in [0.1, 0.15) is 35.4 Å². The van der Waals surface area contributed by atoms with Crippen LogP contribution in [0.3, 0.4) is 0 Å². The fourth-order valence-electron chi connectivity index (χ4n) is 3.00. The van der Waals surface area contributed by atoms with Crippen LogP contribution in [0.2, 0.25) is 0 Å². The van der Waals surface area contributed by atoms with Gasteiger partial charge in [-0.3, -0.25) is 4.79 Å². The summed E-state index contributed by atoms with van der Waals surface area (Å²) in [4.78, 5) is 28.9. The molecule has 3 rings (SSSR count). The summed E-state index contributed by atoms with van der Waals surface area (Å²) in [5.41, 5.74) is 0. The second-order valence-electron chi connectivity index (χ2n) is 5.69. The van der Waals surface area contributed by atoms with Gasteiger partial charge in [0.25, 0.3) is 5.91 Å². The van der Waals surface area contributed by atoms with Gasteiger partial charge in [0.05, 0.1) is 4.88 Å². The lowest BCUT2D eigenvalue weighted by Crippen LogP contribution is -2.54. The van der Waals surface area contributed by atoms with Crippen molar-refractivity contribution in [3.05, 3.63) is 22.4 Å². The molecule has 1 aromatic rings. The van der Waals surface area contributed by atoms with Crippen molar-refractivity contribution >= 4 is 23.3 Å². The summed E-state index contributed by atoms with van der Waals surface area (Å²) >= 11 is 1.47. The Bertz CT molecular complexity index is 489. The number of nitrogens with zero attached hydrogens (tertiary/aromatic N) is 2. The number of carbonyl (C=O) groups is 2. The molecule has 1 aliphatic heterocycles. The van der Waals surface area contributed by atoms with Gasteiger partial charge in [0.1, 0.15) is 0 Å². The second-order valence-corrected chi connectivity index (χ2v) is 6.64. The van der Waals surface area contributed by atoms with Gasteiger partial charge < -0.3 is 15.1 Å². The van der Waals surface area contributed by atoms with Crippen LogP contribution >= 0.6 is 11.3 Å². The maximum absolute atomic E-state index is 12.2. The van der Waals surface area contributed by atoms with Gasteiger partial charge in [0, 0.05) is 32.2 Å². The lowest BCUT2D eigenvalue weighted by atomic mass is 10.2. The molecule has 2 aliphatic rings. The molecule has 2 fully saturated rings. The zero-order valence-electron chi connectivity index (χ0n) is 12.1. The van der Waals surface area contributed by atoms with E-state index in [1.54, 1.807) is 0 Å². The fourth-order valence-corrected chi connectivity index (χ4v) is 3.70. The molecule has 0 radical (unpaired) electrons. The summed E-state index contributed by atoms with van der Waals surface area (Å²) < 4.78 is 0. The maximum atomic E-state index is 12.2. The van der Waals surface area contributed by atoms with Crippen LogP contribution in [0, 0.1) is 0 Å². The highest BCUT2D eigenvalue weighted by Gasteiger charge is 2.26. The zero-order chi connectivity index (χ0) is 14.7. The van der Waals surface area contributed by atoms with Gasteiger partial charge in [-0.25, -0.2) is 4.79 Å². The summed E-state index contributed by atoms with van der Waals surface area (Å²) in [6.07, 6.45) is 4.63. The molecule has 6 heteroatoms. The Morgan fingerprint density at radius 1 is 1.10 bits per heavy atom. The third kappa shape index (κ3) is 3.37. The van der Waals surface area contributed by atoms with Crippen LogP contribution in [0.15, 0.2) is 17.5 Å². The van der Waals surface area contributed by atoms with Crippen LogP contribution in [-0.2, 0) is 0 Å².